The summed E-state index contributed by atoms with van der Waals surface area (Å²) in [6.07, 6.45) is 1.57. The number of carbonyl (C=O) groups is 1. The minimum atomic E-state index is -0.365. The van der Waals surface area contributed by atoms with E-state index in [1.807, 2.05) is 0 Å². The van der Waals surface area contributed by atoms with Crippen molar-refractivity contribution in [3.05, 3.63) is 41.4 Å². The first-order valence-corrected chi connectivity index (χ1v) is 4.49. The number of hydrogen-bond donors (Lipinski definition) is 1. The molecule has 1 aliphatic heterocycles. The number of hydroxylamine groups is 1. The minimum absolute atomic E-state index is 0.213. The first-order chi connectivity index (χ1) is 6.72. The molecule has 0 bridgehead atoms. The van der Waals surface area contributed by atoms with Crippen molar-refractivity contribution >= 4 is 17.5 Å². The van der Waals surface area contributed by atoms with E-state index in [0.717, 1.165) is 5.56 Å². The zero-order chi connectivity index (χ0) is 10.1. The summed E-state index contributed by atoms with van der Waals surface area (Å²) in [7, 11) is 0. The first kappa shape index (κ1) is 9.09. The van der Waals surface area contributed by atoms with Crippen LogP contribution in [0, 0.1) is 0 Å². The second-order valence-electron chi connectivity index (χ2n) is 2.96. The number of nitrogens with one attached hydrogen (secondary N) is 1. The Morgan fingerprint density at radius 2 is 2.36 bits per heavy atom. The van der Waals surface area contributed by atoms with E-state index in [-0.39, 0.29) is 11.8 Å². The van der Waals surface area contributed by atoms with E-state index in [1.165, 1.54) is 0 Å². The Kier molecular flexibility index (Phi) is 2.17. The third-order valence-corrected chi connectivity index (χ3v) is 2.33. The molecule has 14 heavy (non-hydrogen) atoms. The van der Waals surface area contributed by atoms with Crippen molar-refractivity contribution < 1.29 is 9.63 Å². The van der Waals surface area contributed by atoms with E-state index in [0.29, 0.717) is 10.8 Å². The van der Waals surface area contributed by atoms with Gasteiger partial charge in [0, 0.05) is 16.7 Å². The van der Waals surface area contributed by atoms with Gasteiger partial charge in [0.2, 0.25) is 0 Å². The molecule has 3 nitrogen and oxygen atoms in total. The number of carbonyl (C=O) groups excluding carboxylic acids is 1. The predicted molar refractivity (Wildman–Crippen MR) is 53.2 cm³/mol. The van der Waals surface area contributed by atoms with Crippen LogP contribution in [0.3, 0.4) is 0 Å². The topological polar surface area (TPSA) is 38.3 Å². The summed E-state index contributed by atoms with van der Waals surface area (Å²) in [6, 6.07) is 5.15. The maximum atomic E-state index is 11.3. The number of amides is 1. The Labute approximate surface area is 86.3 Å². The highest BCUT2D eigenvalue weighted by Crippen LogP contribution is 2.32. The fourth-order valence-electron chi connectivity index (χ4n) is 1.40. The molecule has 0 radical (unpaired) electrons. The lowest BCUT2D eigenvalue weighted by Crippen LogP contribution is -2.36. The molecular weight excluding hydrogens is 202 g/mol. The molecule has 72 valence electrons. The number of rotatable bonds is 1. The van der Waals surface area contributed by atoms with Crippen LogP contribution < -0.4 is 10.3 Å². The molecule has 0 aliphatic carbocycles. The van der Waals surface area contributed by atoms with Crippen LogP contribution in [-0.4, -0.2) is 5.91 Å². The average molecular weight is 210 g/mol. The second-order valence-corrected chi connectivity index (χ2v) is 3.40. The molecule has 1 aliphatic rings. The number of fused-ring (bicyclic) bond motifs is 1. The SMILES string of the molecule is C=CC1C(=O)NOc2cc(Cl)ccc21. The first-order valence-electron chi connectivity index (χ1n) is 4.11. The molecule has 0 spiro atoms. The fourth-order valence-corrected chi connectivity index (χ4v) is 1.56. The van der Waals surface area contributed by atoms with Gasteiger partial charge in [-0.05, 0) is 6.07 Å². The molecule has 4 heteroatoms. The molecule has 1 aromatic carbocycles. The monoisotopic (exact) mass is 209 g/mol. The molecule has 1 atom stereocenters. The second kappa shape index (κ2) is 3.35. The van der Waals surface area contributed by atoms with E-state index in [1.54, 1.807) is 24.3 Å². The van der Waals surface area contributed by atoms with Crippen molar-refractivity contribution in [2.24, 2.45) is 0 Å². The Morgan fingerprint density at radius 1 is 1.57 bits per heavy atom. The highest BCUT2D eigenvalue weighted by molar-refractivity contribution is 6.30. The van der Waals surface area contributed by atoms with Gasteiger partial charge in [-0.25, -0.2) is 0 Å². The summed E-state index contributed by atoms with van der Waals surface area (Å²) in [5.74, 6) is -0.00663. The third kappa shape index (κ3) is 1.36. The van der Waals surface area contributed by atoms with Crippen LogP contribution >= 0.6 is 11.6 Å². The summed E-state index contributed by atoms with van der Waals surface area (Å²) in [5, 5.41) is 0.572. The summed E-state index contributed by atoms with van der Waals surface area (Å²) < 4.78 is 0. The lowest BCUT2D eigenvalue weighted by Gasteiger charge is -2.22. The number of hydrogen-bond acceptors (Lipinski definition) is 2. The van der Waals surface area contributed by atoms with Crippen LogP contribution in [0.5, 0.6) is 5.75 Å². The molecule has 0 fully saturated rings. The summed E-state index contributed by atoms with van der Waals surface area (Å²) in [6.45, 7) is 3.61. The largest absolute Gasteiger partial charge is 0.379 e. The molecule has 1 heterocycles. The van der Waals surface area contributed by atoms with Gasteiger partial charge in [0.1, 0.15) is 0 Å². The molecule has 1 aromatic rings. The molecule has 0 saturated heterocycles. The standard InChI is InChI=1S/C10H8ClNO2/c1-2-7-8-4-3-6(11)5-9(8)14-12-10(7)13/h2-5,7H,1H2,(H,12,13). The van der Waals surface area contributed by atoms with Gasteiger partial charge in [-0.1, -0.05) is 23.7 Å². The van der Waals surface area contributed by atoms with Gasteiger partial charge in [-0.15, -0.1) is 6.58 Å². The summed E-state index contributed by atoms with van der Waals surface area (Å²) in [4.78, 5) is 16.3. The lowest BCUT2D eigenvalue weighted by atomic mass is 9.97. The quantitative estimate of drug-likeness (QED) is 0.719. The number of benzene rings is 1. The van der Waals surface area contributed by atoms with E-state index in [9.17, 15) is 4.79 Å². The van der Waals surface area contributed by atoms with Crippen molar-refractivity contribution in [1.82, 2.24) is 5.48 Å². The van der Waals surface area contributed by atoms with Crippen molar-refractivity contribution in [3.8, 4) is 5.75 Å². The maximum absolute atomic E-state index is 11.3. The van der Waals surface area contributed by atoms with E-state index in [4.69, 9.17) is 16.4 Å². The molecule has 2 rings (SSSR count). The van der Waals surface area contributed by atoms with E-state index in [2.05, 4.69) is 12.1 Å². The van der Waals surface area contributed by atoms with Crippen LogP contribution in [-0.2, 0) is 4.79 Å². The Balaban J connectivity index is 2.52. The molecule has 1 N–H and O–H groups in total. The zero-order valence-corrected chi connectivity index (χ0v) is 8.04. The Bertz CT molecular complexity index is 403. The summed E-state index contributed by atoms with van der Waals surface area (Å²) in [5.41, 5.74) is 3.08. The highest BCUT2D eigenvalue weighted by Gasteiger charge is 2.26. The minimum Gasteiger partial charge on any atom is -0.379 e. The number of halogens is 1. The summed E-state index contributed by atoms with van der Waals surface area (Å²) >= 11 is 5.79. The Hall–Kier alpha value is -1.48. The molecule has 1 amide bonds. The van der Waals surface area contributed by atoms with Crippen LogP contribution in [0.1, 0.15) is 11.5 Å². The predicted octanol–water partition coefficient (Wildman–Crippen LogP) is 2.03. The lowest BCUT2D eigenvalue weighted by molar-refractivity contribution is -0.129. The van der Waals surface area contributed by atoms with E-state index < -0.39 is 0 Å². The van der Waals surface area contributed by atoms with Crippen molar-refractivity contribution in [3.63, 3.8) is 0 Å². The normalized spacial score (nSPS) is 19.2. The molecule has 1 unspecified atom stereocenters. The van der Waals surface area contributed by atoms with Crippen LogP contribution in [0.4, 0.5) is 0 Å². The van der Waals surface area contributed by atoms with Crippen molar-refractivity contribution in [1.29, 1.82) is 0 Å². The van der Waals surface area contributed by atoms with Gasteiger partial charge >= 0.3 is 0 Å². The van der Waals surface area contributed by atoms with Crippen LogP contribution in [0.2, 0.25) is 5.02 Å². The molecule has 0 aromatic heterocycles. The van der Waals surface area contributed by atoms with Gasteiger partial charge in [0.05, 0.1) is 5.92 Å². The molecule has 0 saturated carbocycles. The Morgan fingerprint density at radius 3 is 3.07 bits per heavy atom. The maximum Gasteiger partial charge on any atom is 0.264 e. The van der Waals surface area contributed by atoms with Crippen molar-refractivity contribution in [2.75, 3.05) is 0 Å². The zero-order valence-electron chi connectivity index (χ0n) is 7.29. The third-order valence-electron chi connectivity index (χ3n) is 2.09. The van der Waals surface area contributed by atoms with Crippen LogP contribution in [0.25, 0.3) is 0 Å². The van der Waals surface area contributed by atoms with Crippen LogP contribution in [0.15, 0.2) is 30.9 Å². The fraction of sp³-hybridized carbons (Fsp3) is 0.100. The van der Waals surface area contributed by atoms with Gasteiger partial charge < -0.3 is 4.84 Å². The van der Waals surface area contributed by atoms with Gasteiger partial charge in [-0.2, -0.15) is 5.48 Å². The van der Waals surface area contributed by atoms with Crippen molar-refractivity contribution in [2.45, 2.75) is 5.92 Å². The molecular formula is C10H8ClNO2. The van der Waals surface area contributed by atoms with Gasteiger partial charge in [-0.3, -0.25) is 4.79 Å². The smallest absolute Gasteiger partial charge is 0.264 e. The average Bonchev–Trinajstić information content (AvgIpc) is 2.18. The highest BCUT2D eigenvalue weighted by atomic mass is 35.5. The van der Waals surface area contributed by atoms with Gasteiger partial charge in [0.15, 0.2) is 5.75 Å². The van der Waals surface area contributed by atoms with Gasteiger partial charge in [0.25, 0.3) is 5.91 Å². The van der Waals surface area contributed by atoms with E-state index >= 15 is 0 Å².